The molecule has 0 amide bonds. The van der Waals surface area contributed by atoms with Gasteiger partial charge in [-0.3, -0.25) is 4.79 Å². The second-order valence-electron chi connectivity index (χ2n) is 2.28. The number of carbonyl (C=O) groups excluding carboxylic acids is 1. The van der Waals surface area contributed by atoms with Crippen LogP contribution in [0.3, 0.4) is 0 Å². The molecule has 0 aliphatic heterocycles. The smallest absolute Gasteiger partial charge is 0.142 e. The van der Waals surface area contributed by atoms with Gasteiger partial charge in [-0.05, 0) is 12.2 Å². The van der Waals surface area contributed by atoms with Crippen molar-refractivity contribution in [2.45, 2.75) is 0 Å². The first-order chi connectivity index (χ1) is 6.15. The van der Waals surface area contributed by atoms with Gasteiger partial charge in [0.2, 0.25) is 0 Å². The van der Waals surface area contributed by atoms with Crippen LogP contribution in [0.25, 0.3) is 6.08 Å². The molecule has 0 radical (unpaired) electrons. The molecule has 0 atom stereocenters. The average Bonchev–Trinajstić information content (AvgIpc) is 2.02. The van der Waals surface area contributed by atoms with Crippen LogP contribution in [0.5, 0.6) is 0 Å². The van der Waals surface area contributed by atoms with Crippen molar-refractivity contribution in [2.75, 3.05) is 0 Å². The molecule has 0 aliphatic rings. The molecule has 1 rings (SSSR count). The SMILES string of the molecule is O=C/C=C/c1c(F)cc(F)cc1F. The third-order valence-electron chi connectivity index (χ3n) is 1.39. The lowest BCUT2D eigenvalue weighted by Crippen LogP contribution is -1.90. The zero-order valence-corrected chi connectivity index (χ0v) is 6.43. The summed E-state index contributed by atoms with van der Waals surface area (Å²) in [6, 6.07) is 1.10. The van der Waals surface area contributed by atoms with Crippen LogP contribution in [0.2, 0.25) is 0 Å². The molecule has 0 unspecified atom stereocenters. The third kappa shape index (κ3) is 2.18. The molecule has 68 valence electrons. The monoisotopic (exact) mass is 186 g/mol. The van der Waals surface area contributed by atoms with Crippen LogP contribution in [-0.2, 0) is 4.79 Å². The van der Waals surface area contributed by atoms with Gasteiger partial charge in [0, 0.05) is 17.7 Å². The Morgan fingerprint density at radius 3 is 2.08 bits per heavy atom. The van der Waals surface area contributed by atoms with Gasteiger partial charge >= 0.3 is 0 Å². The van der Waals surface area contributed by atoms with Crippen molar-refractivity contribution < 1.29 is 18.0 Å². The fraction of sp³-hybridized carbons (Fsp3) is 0. The number of hydrogen-bond acceptors (Lipinski definition) is 1. The highest BCUT2D eigenvalue weighted by Gasteiger charge is 2.07. The summed E-state index contributed by atoms with van der Waals surface area (Å²) in [4.78, 5) is 9.86. The summed E-state index contributed by atoms with van der Waals surface area (Å²) in [6.45, 7) is 0. The summed E-state index contributed by atoms with van der Waals surface area (Å²) in [5, 5.41) is 0. The second kappa shape index (κ2) is 3.89. The van der Waals surface area contributed by atoms with Crippen LogP contribution in [-0.4, -0.2) is 6.29 Å². The van der Waals surface area contributed by atoms with Crippen molar-refractivity contribution in [2.24, 2.45) is 0 Å². The quantitative estimate of drug-likeness (QED) is 0.511. The first-order valence-electron chi connectivity index (χ1n) is 3.41. The van der Waals surface area contributed by atoms with Gasteiger partial charge in [-0.2, -0.15) is 0 Å². The van der Waals surface area contributed by atoms with E-state index in [2.05, 4.69) is 0 Å². The lowest BCUT2D eigenvalue weighted by Gasteiger charge is -1.98. The van der Waals surface area contributed by atoms with E-state index in [0.717, 1.165) is 12.2 Å². The van der Waals surface area contributed by atoms with E-state index in [9.17, 15) is 18.0 Å². The topological polar surface area (TPSA) is 17.1 Å². The van der Waals surface area contributed by atoms with E-state index in [1.54, 1.807) is 0 Å². The van der Waals surface area contributed by atoms with Crippen molar-refractivity contribution in [1.82, 2.24) is 0 Å². The second-order valence-corrected chi connectivity index (χ2v) is 2.28. The first kappa shape index (κ1) is 9.51. The molecule has 0 bridgehead atoms. The fourth-order valence-corrected chi connectivity index (χ4v) is 0.848. The van der Waals surface area contributed by atoms with Gasteiger partial charge in [0.1, 0.15) is 23.7 Å². The van der Waals surface area contributed by atoms with Crippen LogP contribution in [0.15, 0.2) is 18.2 Å². The van der Waals surface area contributed by atoms with Gasteiger partial charge in [0.25, 0.3) is 0 Å². The van der Waals surface area contributed by atoms with Gasteiger partial charge < -0.3 is 0 Å². The number of carbonyl (C=O) groups is 1. The van der Waals surface area contributed by atoms with Crippen molar-refractivity contribution in [3.63, 3.8) is 0 Å². The van der Waals surface area contributed by atoms with E-state index in [-0.39, 0.29) is 0 Å². The minimum Gasteiger partial charge on any atom is -0.299 e. The molecule has 0 heterocycles. The normalized spacial score (nSPS) is 10.7. The van der Waals surface area contributed by atoms with Crippen molar-refractivity contribution in [1.29, 1.82) is 0 Å². The summed E-state index contributed by atoms with van der Waals surface area (Å²) < 4.78 is 37.9. The highest BCUT2D eigenvalue weighted by atomic mass is 19.1. The molecule has 0 N–H and O–H groups in total. The maximum atomic E-state index is 12.8. The number of allylic oxidation sites excluding steroid dienone is 1. The highest BCUT2D eigenvalue weighted by Crippen LogP contribution is 2.15. The summed E-state index contributed by atoms with van der Waals surface area (Å²) in [5.41, 5.74) is -0.423. The molecule has 0 spiro atoms. The van der Waals surface area contributed by atoms with E-state index in [1.807, 2.05) is 0 Å². The Hall–Kier alpha value is -1.58. The van der Waals surface area contributed by atoms with E-state index in [1.165, 1.54) is 0 Å². The number of aldehydes is 1. The molecule has 1 aromatic rings. The van der Waals surface area contributed by atoms with Crippen LogP contribution in [0.1, 0.15) is 5.56 Å². The zero-order chi connectivity index (χ0) is 9.84. The Balaban J connectivity index is 3.20. The molecule has 1 aromatic carbocycles. The fourth-order valence-electron chi connectivity index (χ4n) is 0.848. The number of halogens is 3. The summed E-state index contributed by atoms with van der Waals surface area (Å²) in [5.74, 6) is -3.05. The van der Waals surface area contributed by atoms with Crippen LogP contribution in [0, 0.1) is 17.5 Å². The molecule has 0 fully saturated rings. The molecule has 1 nitrogen and oxygen atoms in total. The van der Waals surface area contributed by atoms with Crippen molar-refractivity contribution in [3.8, 4) is 0 Å². The summed E-state index contributed by atoms with van der Waals surface area (Å²) in [6.07, 6.45) is 2.25. The van der Waals surface area contributed by atoms with E-state index >= 15 is 0 Å². The maximum Gasteiger partial charge on any atom is 0.142 e. The minimum atomic E-state index is -1.03. The lowest BCUT2D eigenvalue weighted by molar-refractivity contribution is -0.104. The Bertz CT molecular complexity index is 335. The van der Waals surface area contributed by atoms with Crippen molar-refractivity contribution >= 4 is 12.4 Å². The molecule has 13 heavy (non-hydrogen) atoms. The Morgan fingerprint density at radius 2 is 1.62 bits per heavy atom. The van der Waals surface area contributed by atoms with Crippen LogP contribution in [0.4, 0.5) is 13.2 Å². The van der Waals surface area contributed by atoms with Gasteiger partial charge in [-0.1, -0.05) is 0 Å². The van der Waals surface area contributed by atoms with E-state index in [4.69, 9.17) is 0 Å². The largest absolute Gasteiger partial charge is 0.299 e. The first-order valence-corrected chi connectivity index (χ1v) is 3.41. The maximum absolute atomic E-state index is 12.8. The van der Waals surface area contributed by atoms with E-state index < -0.39 is 23.0 Å². The van der Waals surface area contributed by atoms with Crippen molar-refractivity contribution in [3.05, 3.63) is 41.2 Å². The highest BCUT2D eigenvalue weighted by molar-refractivity contribution is 5.74. The predicted molar refractivity (Wildman–Crippen MR) is 41.4 cm³/mol. The van der Waals surface area contributed by atoms with Gasteiger partial charge in [-0.15, -0.1) is 0 Å². The van der Waals surface area contributed by atoms with Gasteiger partial charge in [-0.25, -0.2) is 13.2 Å². The minimum absolute atomic E-state index is 0.377. The molecular weight excluding hydrogens is 181 g/mol. The Morgan fingerprint density at radius 1 is 1.08 bits per heavy atom. The lowest BCUT2D eigenvalue weighted by atomic mass is 10.2. The molecule has 0 saturated carbocycles. The standard InChI is InChI=1S/C9H5F3O/c10-6-4-8(11)7(2-1-3-13)9(12)5-6/h1-5H/b2-1+. The Kier molecular flexibility index (Phi) is 2.84. The summed E-state index contributed by atoms with van der Waals surface area (Å²) in [7, 11) is 0. The van der Waals surface area contributed by atoms with Crippen LogP contribution < -0.4 is 0 Å². The molecule has 4 heteroatoms. The third-order valence-corrected chi connectivity index (χ3v) is 1.39. The number of benzene rings is 1. The Labute approximate surface area is 72.5 Å². The molecule has 0 aliphatic carbocycles. The molecule has 0 aromatic heterocycles. The zero-order valence-electron chi connectivity index (χ0n) is 6.43. The number of rotatable bonds is 2. The molecule has 0 saturated heterocycles. The molecular formula is C9H5F3O. The van der Waals surface area contributed by atoms with Gasteiger partial charge in [0.05, 0.1) is 0 Å². The van der Waals surface area contributed by atoms with Gasteiger partial charge in [0.15, 0.2) is 0 Å². The summed E-state index contributed by atoms with van der Waals surface area (Å²) >= 11 is 0. The number of hydrogen-bond donors (Lipinski definition) is 0. The van der Waals surface area contributed by atoms with E-state index in [0.29, 0.717) is 18.4 Å². The van der Waals surface area contributed by atoms with Crippen LogP contribution >= 0.6 is 0 Å². The average molecular weight is 186 g/mol. The predicted octanol–water partition coefficient (Wildman–Crippen LogP) is 2.32.